The van der Waals surface area contributed by atoms with Crippen LogP contribution in [0.3, 0.4) is 0 Å². The molecule has 0 unspecified atom stereocenters. The van der Waals surface area contributed by atoms with E-state index < -0.39 is 0 Å². The molecule has 0 N–H and O–H groups in total. The maximum Gasteiger partial charge on any atom is 0.277 e. The molecule has 1 aromatic carbocycles. The standard InChI is InChI=1S/C28H35N5O2/c1-4-9-24-29-20(2)26-28(34)32(23-12-13-25(35-3)30-27(23)33(24)26)17-8-16-31-18-14-22(15-19-31)21-10-6-5-7-11-21/h5-7,10-13,22H,4,8-9,14-19H2,1-3H3. The summed E-state index contributed by atoms with van der Waals surface area (Å²) in [5, 5.41) is 0. The van der Waals surface area contributed by atoms with E-state index in [1.807, 2.05) is 28.0 Å². The second-order valence-corrected chi connectivity index (χ2v) is 9.58. The number of aryl methyl sites for hydroxylation is 3. The lowest BCUT2D eigenvalue weighted by atomic mass is 9.89. The molecule has 0 bridgehead atoms. The van der Waals surface area contributed by atoms with Crippen LogP contribution in [0, 0.1) is 6.92 Å². The summed E-state index contributed by atoms with van der Waals surface area (Å²) < 4.78 is 9.25. The zero-order valence-corrected chi connectivity index (χ0v) is 21.0. The summed E-state index contributed by atoms with van der Waals surface area (Å²) in [6, 6.07) is 14.7. The van der Waals surface area contributed by atoms with Gasteiger partial charge in [-0.3, -0.25) is 9.20 Å². The lowest BCUT2D eigenvalue weighted by molar-refractivity contribution is 0.207. The van der Waals surface area contributed by atoms with Crippen molar-refractivity contribution in [2.75, 3.05) is 26.7 Å². The van der Waals surface area contributed by atoms with Crippen molar-refractivity contribution in [1.29, 1.82) is 0 Å². The first kappa shape index (κ1) is 23.5. The number of methoxy groups -OCH3 is 1. The van der Waals surface area contributed by atoms with Crippen LogP contribution in [0.2, 0.25) is 0 Å². The Morgan fingerprint density at radius 3 is 2.51 bits per heavy atom. The Hall–Kier alpha value is -3.19. The zero-order valence-electron chi connectivity index (χ0n) is 21.0. The predicted molar refractivity (Wildman–Crippen MR) is 140 cm³/mol. The Morgan fingerprint density at radius 2 is 1.80 bits per heavy atom. The number of pyridine rings is 1. The van der Waals surface area contributed by atoms with Crippen LogP contribution in [-0.4, -0.2) is 50.6 Å². The number of likely N-dealkylation sites (tertiary alicyclic amines) is 1. The maximum absolute atomic E-state index is 13.6. The zero-order chi connectivity index (χ0) is 24.4. The van der Waals surface area contributed by atoms with Crippen LogP contribution in [0.5, 0.6) is 5.88 Å². The molecule has 4 heterocycles. The Labute approximate surface area is 206 Å². The monoisotopic (exact) mass is 473 g/mol. The molecule has 0 saturated carbocycles. The average molecular weight is 474 g/mol. The van der Waals surface area contributed by atoms with Crippen molar-refractivity contribution in [3.63, 3.8) is 0 Å². The van der Waals surface area contributed by atoms with E-state index in [9.17, 15) is 4.79 Å². The highest BCUT2D eigenvalue weighted by Crippen LogP contribution is 2.28. The second-order valence-electron chi connectivity index (χ2n) is 9.58. The molecule has 0 amide bonds. The van der Waals surface area contributed by atoms with Gasteiger partial charge in [-0.15, -0.1) is 0 Å². The van der Waals surface area contributed by atoms with Gasteiger partial charge in [0.1, 0.15) is 11.3 Å². The van der Waals surface area contributed by atoms with E-state index in [1.54, 1.807) is 7.11 Å². The molecule has 7 nitrogen and oxygen atoms in total. The third-order valence-electron chi connectivity index (χ3n) is 7.30. The van der Waals surface area contributed by atoms with E-state index in [2.05, 4.69) is 42.2 Å². The Morgan fingerprint density at radius 1 is 1.03 bits per heavy atom. The number of piperidine rings is 1. The van der Waals surface area contributed by atoms with Crippen LogP contribution in [-0.2, 0) is 13.0 Å². The fourth-order valence-electron chi connectivity index (χ4n) is 5.50. The minimum Gasteiger partial charge on any atom is -0.481 e. The number of rotatable bonds is 8. The predicted octanol–water partition coefficient (Wildman–Crippen LogP) is 4.58. The number of ether oxygens (including phenoxy) is 1. The Balaban J connectivity index is 1.37. The Bertz CT molecular complexity index is 1370. The molecule has 1 saturated heterocycles. The number of hydrogen-bond donors (Lipinski definition) is 0. The largest absolute Gasteiger partial charge is 0.481 e. The van der Waals surface area contributed by atoms with Gasteiger partial charge in [-0.25, -0.2) is 4.98 Å². The summed E-state index contributed by atoms with van der Waals surface area (Å²) in [6.07, 6.45) is 5.05. The number of aromatic nitrogens is 4. The van der Waals surface area contributed by atoms with E-state index in [-0.39, 0.29) is 5.56 Å². The van der Waals surface area contributed by atoms with Crippen molar-refractivity contribution >= 4 is 16.7 Å². The SMILES string of the molecule is CCCc1nc(C)c2c(=O)n(CCCN3CCC(c4ccccc4)CC3)c3ccc(OC)nc3n12. The molecule has 7 heteroatoms. The number of hydrogen-bond acceptors (Lipinski definition) is 5. The molecule has 3 aromatic heterocycles. The van der Waals surface area contributed by atoms with Crippen LogP contribution >= 0.6 is 0 Å². The summed E-state index contributed by atoms with van der Waals surface area (Å²) >= 11 is 0. The lowest BCUT2D eigenvalue weighted by Gasteiger charge is -2.32. The minimum atomic E-state index is 0.0135. The van der Waals surface area contributed by atoms with E-state index in [0.717, 1.165) is 61.6 Å². The quantitative estimate of drug-likeness (QED) is 0.375. The van der Waals surface area contributed by atoms with Gasteiger partial charge in [-0.2, -0.15) is 4.98 Å². The van der Waals surface area contributed by atoms with Crippen LogP contribution in [0.4, 0.5) is 0 Å². The summed E-state index contributed by atoms with van der Waals surface area (Å²) in [6.45, 7) is 7.90. The number of fused-ring (bicyclic) bond motifs is 3. The number of nitrogens with zero attached hydrogens (tertiary/aromatic N) is 5. The molecular weight excluding hydrogens is 438 g/mol. The van der Waals surface area contributed by atoms with Gasteiger partial charge in [0.25, 0.3) is 5.56 Å². The van der Waals surface area contributed by atoms with Gasteiger partial charge in [0.05, 0.1) is 18.3 Å². The fourth-order valence-corrected chi connectivity index (χ4v) is 5.50. The molecule has 1 aliphatic heterocycles. The normalized spacial score (nSPS) is 15.3. The summed E-state index contributed by atoms with van der Waals surface area (Å²) in [7, 11) is 1.62. The summed E-state index contributed by atoms with van der Waals surface area (Å²) in [5.41, 5.74) is 4.44. The lowest BCUT2D eigenvalue weighted by Crippen LogP contribution is -2.34. The molecule has 0 spiro atoms. The summed E-state index contributed by atoms with van der Waals surface area (Å²) in [4.78, 5) is 25.7. The highest BCUT2D eigenvalue weighted by molar-refractivity contribution is 5.77. The first-order chi connectivity index (χ1) is 17.1. The maximum atomic E-state index is 13.6. The van der Waals surface area contributed by atoms with Gasteiger partial charge in [0.15, 0.2) is 5.65 Å². The molecule has 5 rings (SSSR count). The van der Waals surface area contributed by atoms with E-state index >= 15 is 0 Å². The average Bonchev–Trinajstić information content (AvgIpc) is 3.23. The third-order valence-corrected chi connectivity index (χ3v) is 7.30. The molecule has 4 aromatic rings. The molecular formula is C28H35N5O2. The van der Waals surface area contributed by atoms with Gasteiger partial charge in [0.2, 0.25) is 5.88 Å². The van der Waals surface area contributed by atoms with Crippen LogP contribution in [0.25, 0.3) is 16.7 Å². The van der Waals surface area contributed by atoms with Crippen molar-refractivity contribution in [3.8, 4) is 5.88 Å². The molecule has 1 fully saturated rings. The molecule has 0 aliphatic carbocycles. The van der Waals surface area contributed by atoms with Crippen molar-refractivity contribution in [2.45, 2.75) is 58.4 Å². The number of imidazole rings is 1. The topological polar surface area (TPSA) is 64.7 Å². The van der Waals surface area contributed by atoms with Gasteiger partial charge in [0, 0.05) is 19.0 Å². The van der Waals surface area contributed by atoms with Crippen molar-refractivity contribution in [3.05, 3.63) is 69.9 Å². The molecule has 1 aliphatic rings. The van der Waals surface area contributed by atoms with E-state index in [1.165, 1.54) is 18.4 Å². The highest BCUT2D eigenvalue weighted by Gasteiger charge is 2.22. The first-order valence-corrected chi connectivity index (χ1v) is 12.8. The van der Waals surface area contributed by atoms with Gasteiger partial charge >= 0.3 is 0 Å². The smallest absolute Gasteiger partial charge is 0.277 e. The van der Waals surface area contributed by atoms with Crippen LogP contribution in [0.15, 0.2) is 47.3 Å². The van der Waals surface area contributed by atoms with Crippen molar-refractivity contribution in [1.82, 2.24) is 23.8 Å². The molecule has 0 atom stereocenters. The third kappa shape index (κ3) is 4.57. The van der Waals surface area contributed by atoms with Crippen LogP contribution in [0.1, 0.15) is 55.6 Å². The van der Waals surface area contributed by atoms with E-state index in [4.69, 9.17) is 14.7 Å². The molecule has 184 valence electrons. The van der Waals surface area contributed by atoms with Gasteiger partial charge in [-0.05, 0) is 69.8 Å². The van der Waals surface area contributed by atoms with Gasteiger partial charge in [-0.1, -0.05) is 37.3 Å². The summed E-state index contributed by atoms with van der Waals surface area (Å²) in [5.74, 6) is 2.08. The highest BCUT2D eigenvalue weighted by atomic mass is 16.5. The second kappa shape index (κ2) is 10.2. The van der Waals surface area contributed by atoms with Crippen LogP contribution < -0.4 is 10.3 Å². The van der Waals surface area contributed by atoms with E-state index in [0.29, 0.717) is 23.9 Å². The molecule has 0 radical (unpaired) electrons. The van der Waals surface area contributed by atoms with Crippen molar-refractivity contribution in [2.24, 2.45) is 0 Å². The molecule has 35 heavy (non-hydrogen) atoms. The van der Waals surface area contributed by atoms with Gasteiger partial charge < -0.3 is 14.2 Å². The minimum absolute atomic E-state index is 0.0135. The fraction of sp³-hybridized carbons (Fsp3) is 0.464. The Kier molecular flexibility index (Phi) is 6.86. The number of benzene rings is 1. The first-order valence-electron chi connectivity index (χ1n) is 12.8. The van der Waals surface area contributed by atoms with Crippen molar-refractivity contribution < 1.29 is 4.74 Å².